The molecule has 0 radical (unpaired) electrons. The summed E-state index contributed by atoms with van der Waals surface area (Å²) in [6.07, 6.45) is 4.39. The minimum Gasteiger partial charge on any atom is -0.472 e. The van der Waals surface area contributed by atoms with E-state index >= 15 is 0 Å². The van der Waals surface area contributed by atoms with Gasteiger partial charge in [-0.15, -0.1) is 0 Å². The fourth-order valence-corrected chi connectivity index (χ4v) is 10.0. The van der Waals surface area contributed by atoms with Gasteiger partial charge in [0.15, 0.2) is 0 Å². The summed E-state index contributed by atoms with van der Waals surface area (Å²) in [5.74, 6) is -1.54. The third kappa shape index (κ3) is 4.13. The minimum atomic E-state index is -0.741. The summed E-state index contributed by atoms with van der Waals surface area (Å²) < 4.78 is 36.8. The van der Waals surface area contributed by atoms with E-state index in [1.807, 2.05) is 6.07 Å². The molecule has 1 aromatic heterocycles. The first kappa shape index (κ1) is 30.1. The topological polar surface area (TPSA) is 111 Å². The number of fused-ring (bicyclic) bond motifs is 4. The average molecular weight is 597 g/mol. The number of carbonyl (C=O) groups is 3. The van der Waals surface area contributed by atoms with Crippen molar-refractivity contribution in [3.8, 4) is 0 Å². The van der Waals surface area contributed by atoms with Crippen molar-refractivity contribution >= 4 is 17.9 Å². The van der Waals surface area contributed by atoms with Crippen molar-refractivity contribution in [3.63, 3.8) is 0 Å². The highest BCUT2D eigenvalue weighted by atomic mass is 16.6. The number of ether oxygens (including phenoxy) is 5. The van der Waals surface area contributed by atoms with Crippen LogP contribution in [0.4, 0.5) is 0 Å². The molecule has 4 fully saturated rings. The predicted molar refractivity (Wildman–Crippen MR) is 155 cm³/mol. The third-order valence-electron chi connectivity index (χ3n) is 12.0. The van der Waals surface area contributed by atoms with Crippen molar-refractivity contribution in [1.29, 1.82) is 0 Å². The van der Waals surface area contributed by atoms with E-state index in [9.17, 15) is 14.4 Å². The van der Waals surface area contributed by atoms with Crippen LogP contribution < -0.4 is 0 Å². The standard InChI is InChI=1S/C34H44O9/c1-9-17(2)31(37)43-25-14-24(41-19(4)35)32(5)16-40-28-29(32)33(25,6)23(13-26(36)38-8)34(7)27-18(3)21(20-10-11-39-15-20)12-22(27)42-30(28)34/h9-11,15,21-25,28-30H,12-14,16H2,1-8H3/t21-,22-,23-,24-,25+,28-,29?,30-,32-,33+,34-/m1/s1. The molecule has 0 spiro atoms. The molecule has 0 bridgehead atoms. The molecule has 2 aliphatic heterocycles. The third-order valence-corrected chi connectivity index (χ3v) is 12.0. The molecule has 2 saturated heterocycles. The van der Waals surface area contributed by atoms with E-state index in [2.05, 4.69) is 27.7 Å². The second kappa shape index (κ2) is 10.3. The summed E-state index contributed by atoms with van der Waals surface area (Å²) in [5, 5.41) is 0. The second-order valence-corrected chi connectivity index (χ2v) is 13.9. The van der Waals surface area contributed by atoms with Gasteiger partial charge in [0, 0.05) is 53.4 Å². The van der Waals surface area contributed by atoms with Crippen LogP contribution in [0.3, 0.4) is 0 Å². The summed E-state index contributed by atoms with van der Waals surface area (Å²) >= 11 is 0. The van der Waals surface area contributed by atoms with E-state index in [4.69, 9.17) is 28.1 Å². The van der Waals surface area contributed by atoms with Crippen molar-refractivity contribution in [2.75, 3.05) is 13.7 Å². The van der Waals surface area contributed by atoms with Crippen LogP contribution in [-0.2, 0) is 38.1 Å². The fourth-order valence-electron chi connectivity index (χ4n) is 10.0. The zero-order valence-electron chi connectivity index (χ0n) is 26.4. The molecule has 0 aromatic carbocycles. The van der Waals surface area contributed by atoms with Gasteiger partial charge < -0.3 is 28.1 Å². The average Bonchev–Trinajstić information content (AvgIpc) is 3.73. The maximum Gasteiger partial charge on any atom is 0.333 e. The van der Waals surface area contributed by atoms with Gasteiger partial charge in [-0.25, -0.2) is 4.79 Å². The Bertz CT molecular complexity index is 1380. The molecule has 0 amide bonds. The fraction of sp³-hybridized carbons (Fsp3) is 0.676. The summed E-state index contributed by atoms with van der Waals surface area (Å²) in [4.78, 5) is 39.0. The van der Waals surface area contributed by atoms with Gasteiger partial charge in [-0.2, -0.15) is 0 Å². The van der Waals surface area contributed by atoms with Crippen LogP contribution in [0.2, 0.25) is 0 Å². The van der Waals surface area contributed by atoms with E-state index in [0.29, 0.717) is 18.6 Å². The van der Waals surface area contributed by atoms with E-state index in [1.165, 1.54) is 25.2 Å². The molecule has 234 valence electrons. The van der Waals surface area contributed by atoms with Gasteiger partial charge in [-0.05, 0) is 50.3 Å². The van der Waals surface area contributed by atoms with Crippen LogP contribution in [0.1, 0.15) is 79.2 Å². The lowest BCUT2D eigenvalue weighted by molar-refractivity contribution is -0.251. The zero-order valence-corrected chi connectivity index (χ0v) is 26.4. The highest BCUT2D eigenvalue weighted by Crippen LogP contribution is 2.74. The quantitative estimate of drug-likeness (QED) is 0.187. The molecule has 1 unspecified atom stereocenters. The van der Waals surface area contributed by atoms with Crippen molar-refractivity contribution in [2.45, 2.75) is 104 Å². The van der Waals surface area contributed by atoms with Crippen LogP contribution >= 0.6 is 0 Å². The monoisotopic (exact) mass is 596 g/mol. The smallest absolute Gasteiger partial charge is 0.333 e. The molecule has 2 saturated carbocycles. The van der Waals surface area contributed by atoms with Crippen LogP contribution in [0, 0.1) is 28.1 Å². The highest BCUT2D eigenvalue weighted by molar-refractivity contribution is 5.87. The van der Waals surface area contributed by atoms with Crippen LogP contribution in [-0.4, -0.2) is 62.1 Å². The van der Waals surface area contributed by atoms with Crippen molar-refractivity contribution < 1.29 is 42.5 Å². The molecule has 3 aliphatic carbocycles. The molecule has 43 heavy (non-hydrogen) atoms. The highest BCUT2D eigenvalue weighted by Gasteiger charge is 2.78. The van der Waals surface area contributed by atoms with E-state index < -0.39 is 40.4 Å². The number of allylic oxidation sites excluding steroid dienone is 2. The van der Waals surface area contributed by atoms with Gasteiger partial charge in [0.2, 0.25) is 0 Å². The molecular weight excluding hydrogens is 552 g/mol. The van der Waals surface area contributed by atoms with Crippen LogP contribution in [0.25, 0.3) is 0 Å². The Morgan fingerprint density at radius 2 is 1.84 bits per heavy atom. The van der Waals surface area contributed by atoms with Crippen LogP contribution in [0.15, 0.2) is 45.8 Å². The Kier molecular flexibility index (Phi) is 7.24. The largest absolute Gasteiger partial charge is 0.472 e. The van der Waals surface area contributed by atoms with Crippen molar-refractivity contribution in [2.24, 2.45) is 28.1 Å². The Balaban J connectivity index is 1.55. The Morgan fingerprint density at radius 1 is 1.09 bits per heavy atom. The maximum absolute atomic E-state index is 13.4. The first-order valence-corrected chi connectivity index (χ1v) is 15.4. The summed E-state index contributed by atoms with van der Waals surface area (Å²) in [5.41, 5.74) is 2.08. The molecule has 9 nitrogen and oxygen atoms in total. The Hall–Kier alpha value is -2.91. The number of furan rings is 1. The SMILES string of the molecule is CC=C(C)C(=O)O[C@H]1C[C@@H](OC(C)=O)[C@@]2(C)CO[C@@H]3C2[C@@]1(C)[C@@H](CC(=O)OC)[C@]1(C)C2=C(C)[C@H](c4ccoc4)C[C@H]2O[C@H]31. The zero-order chi connectivity index (χ0) is 31.1. The van der Waals surface area contributed by atoms with Crippen molar-refractivity contribution in [1.82, 2.24) is 0 Å². The molecule has 9 heteroatoms. The van der Waals surface area contributed by atoms with Gasteiger partial charge in [-0.3, -0.25) is 9.59 Å². The number of esters is 3. The summed E-state index contributed by atoms with van der Waals surface area (Å²) in [6.45, 7) is 13.9. The van der Waals surface area contributed by atoms with E-state index in [1.54, 1.807) is 32.4 Å². The number of hydrogen-bond donors (Lipinski definition) is 0. The number of methoxy groups -OCH3 is 1. The number of carbonyl (C=O) groups excluding carboxylic acids is 3. The van der Waals surface area contributed by atoms with Gasteiger partial charge in [0.1, 0.15) is 12.2 Å². The number of rotatable bonds is 6. The lowest BCUT2D eigenvalue weighted by Gasteiger charge is -2.65. The van der Waals surface area contributed by atoms with Gasteiger partial charge in [-0.1, -0.05) is 32.4 Å². The molecule has 1 aromatic rings. The van der Waals surface area contributed by atoms with Crippen LogP contribution in [0.5, 0.6) is 0 Å². The van der Waals surface area contributed by atoms with Gasteiger partial charge in [0.25, 0.3) is 0 Å². The maximum atomic E-state index is 13.4. The first-order chi connectivity index (χ1) is 20.3. The molecule has 5 aliphatic rings. The lowest BCUT2D eigenvalue weighted by atomic mass is 9.40. The Morgan fingerprint density at radius 3 is 2.47 bits per heavy atom. The molecule has 3 heterocycles. The molecule has 6 rings (SSSR count). The van der Waals surface area contributed by atoms with Crippen molar-refractivity contribution in [3.05, 3.63) is 47.0 Å². The number of hydrogen-bond acceptors (Lipinski definition) is 9. The van der Waals surface area contributed by atoms with Gasteiger partial charge in [0.05, 0.1) is 44.6 Å². The predicted octanol–water partition coefficient (Wildman–Crippen LogP) is 5.29. The molecule has 0 N–H and O–H groups in total. The molecule has 11 atom stereocenters. The van der Waals surface area contributed by atoms with Gasteiger partial charge >= 0.3 is 17.9 Å². The minimum absolute atomic E-state index is 0.122. The molecular formula is C34H44O9. The summed E-state index contributed by atoms with van der Waals surface area (Å²) in [6, 6.07) is 2.00. The second-order valence-electron chi connectivity index (χ2n) is 13.9. The first-order valence-electron chi connectivity index (χ1n) is 15.4. The van der Waals surface area contributed by atoms with E-state index in [0.717, 1.165) is 12.0 Å². The summed E-state index contributed by atoms with van der Waals surface area (Å²) in [7, 11) is 1.41. The lowest BCUT2D eigenvalue weighted by Crippen LogP contribution is -2.71. The Labute approximate surface area is 253 Å². The normalized spacial score (nSPS) is 43.1. The van der Waals surface area contributed by atoms with E-state index in [-0.39, 0.29) is 48.5 Å².